The van der Waals surface area contributed by atoms with Crippen LogP contribution in [0.3, 0.4) is 0 Å². The molecule has 1 heterocycles. The van der Waals surface area contributed by atoms with Gasteiger partial charge in [0.2, 0.25) is 0 Å². The van der Waals surface area contributed by atoms with Gasteiger partial charge in [-0.2, -0.15) is 5.10 Å². The lowest BCUT2D eigenvalue weighted by atomic mass is 10.2. The average molecular weight is 251 g/mol. The van der Waals surface area contributed by atoms with Crippen molar-refractivity contribution >= 4 is 0 Å². The minimum Gasteiger partial charge on any atom is -0.372 e. The lowest BCUT2D eigenvalue weighted by molar-refractivity contribution is 0.0425. The van der Waals surface area contributed by atoms with Crippen LogP contribution in [0.4, 0.5) is 0 Å². The summed E-state index contributed by atoms with van der Waals surface area (Å²) in [6, 6.07) is 2.91. The summed E-state index contributed by atoms with van der Waals surface area (Å²) in [7, 11) is 0. The van der Waals surface area contributed by atoms with Crippen molar-refractivity contribution in [2.75, 3.05) is 0 Å². The van der Waals surface area contributed by atoms with Gasteiger partial charge in [-0.25, -0.2) is 0 Å². The Morgan fingerprint density at radius 3 is 2.83 bits per heavy atom. The van der Waals surface area contributed by atoms with Crippen molar-refractivity contribution in [3.8, 4) is 0 Å². The summed E-state index contributed by atoms with van der Waals surface area (Å²) in [5, 5.41) is 4.59. The van der Waals surface area contributed by atoms with Crippen molar-refractivity contribution in [1.82, 2.24) is 9.78 Å². The first-order valence-corrected chi connectivity index (χ1v) is 7.14. The molecule has 0 saturated heterocycles. The van der Waals surface area contributed by atoms with Gasteiger partial charge >= 0.3 is 0 Å². The Bertz CT molecular complexity index is 360. The molecule has 0 aromatic carbocycles. The van der Waals surface area contributed by atoms with Crippen molar-refractivity contribution in [1.29, 1.82) is 0 Å². The second kappa shape index (κ2) is 6.34. The highest BCUT2D eigenvalue weighted by Gasteiger charge is 2.22. The smallest absolute Gasteiger partial charge is 0.0910 e. The first-order valence-electron chi connectivity index (χ1n) is 7.14. The third kappa shape index (κ3) is 3.33. The van der Waals surface area contributed by atoms with Crippen molar-refractivity contribution < 1.29 is 4.74 Å². The van der Waals surface area contributed by atoms with E-state index in [0.717, 1.165) is 37.8 Å². The van der Waals surface area contributed by atoms with Crippen molar-refractivity contribution in [2.45, 2.75) is 70.7 Å². The van der Waals surface area contributed by atoms with E-state index < -0.39 is 0 Å². The van der Waals surface area contributed by atoms with Gasteiger partial charge in [-0.05, 0) is 38.2 Å². The summed E-state index contributed by atoms with van der Waals surface area (Å²) < 4.78 is 7.93. The Labute approximate surface area is 110 Å². The molecule has 1 aliphatic rings. The van der Waals surface area contributed by atoms with E-state index in [0.29, 0.717) is 24.8 Å². The number of hydrogen-bond donors (Lipinski definition) is 1. The summed E-state index contributed by atoms with van der Waals surface area (Å²) in [5.74, 6) is 0. The largest absolute Gasteiger partial charge is 0.372 e. The van der Waals surface area contributed by atoms with E-state index in [9.17, 15) is 0 Å². The second-order valence-corrected chi connectivity index (χ2v) is 5.26. The van der Waals surface area contributed by atoms with Crippen LogP contribution in [-0.4, -0.2) is 21.9 Å². The molecule has 1 aromatic rings. The van der Waals surface area contributed by atoms with Gasteiger partial charge in [0.05, 0.1) is 24.4 Å². The number of rotatable bonds is 6. The van der Waals surface area contributed by atoms with Gasteiger partial charge in [0, 0.05) is 12.2 Å². The van der Waals surface area contributed by atoms with Crippen LogP contribution in [0.2, 0.25) is 0 Å². The minimum absolute atomic E-state index is 0.331. The number of ether oxygens (including phenoxy) is 1. The lowest BCUT2D eigenvalue weighted by Gasteiger charge is -2.13. The summed E-state index contributed by atoms with van der Waals surface area (Å²) in [6.07, 6.45) is 7.82. The molecule has 1 aromatic heterocycles. The average Bonchev–Trinajstić information content (AvgIpc) is 2.98. The zero-order valence-corrected chi connectivity index (χ0v) is 11.5. The van der Waals surface area contributed by atoms with E-state index in [2.05, 4.69) is 35.9 Å². The van der Waals surface area contributed by atoms with Crippen LogP contribution in [0.5, 0.6) is 0 Å². The molecule has 4 heteroatoms. The van der Waals surface area contributed by atoms with Crippen molar-refractivity contribution in [3.63, 3.8) is 0 Å². The fourth-order valence-electron chi connectivity index (χ4n) is 2.65. The third-order valence-electron chi connectivity index (χ3n) is 3.87. The van der Waals surface area contributed by atoms with E-state index in [1.165, 1.54) is 0 Å². The first-order chi connectivity index (χ1) is 8.72. The number of aromatic nitrogens is 2. The molecule has 2 rings (SSSR count). The van der Waals surface area contributed by atoms with Crippen molar-refractivity contribution in [2.24, 2.45) is 5.73 Å². The normalized spacial score (nSPS) is 24.0. The molecule has 18 heavy (non-hydrogen) atoms. The Balaban J connectivity index is 1.83. The van der Waals surface area contributed by atoms with Crippen LogP contribution in [0.1, 0.15) is 57.7 Å². The van der Waals surface area contributed by atoms with Gasteiger partial charge in [0.1, 0.15) is 0 Å². The highest BCUT2D eigenvalue weighted by Crippen LogP contribution is 2.21. The molecule has 1 saturated carbocycles. The van der Waals surface area contributed by atoms with E-state index >= 15 is 0 Å². The maximum atomic E-state index is 5.87. The van der Waals surface area contributed by atoms with E-state index in [1.54, 1.807) is 0 Å². The fourth-order valence-corrected chi connectivity index (χ4v) is 2.65. The highest BCUT2D eigenvalue weighted by molar-refractivity contribution is 4.98. The number of hydrogen-bond acceptors (Lipinski definition) is 3. The molecular formula is C14H25N3O. The molecule has 1 fully saturated rings. The van der Waals surface area contributed by atoms with Crippen LogP contribution in [0, 0.1) is 0 Å². The summed E-state index contributed by atoms with van der Waals surface area (Å²) in [6.45, 7) is 5.02. The highest BCUT2D eigenvalue weighted by atomic mass is 16.5. The Kier molecular flexibility index (Phi) is 4.78. The van der Waals surface area contributed by atoms with Gasteiger partial charge in [-0.1, -0.05) is 13.8 Å². The van der Waals surface area contributed by atoms with Gasteiger partial charge in [-0.3, -0.25) is 4.68 Å². The van der Waals surface area contributed by atoms with E-state index in [-0.39, 0.29) is 0 Å². The molecule has 102 valence electrons. The Hall–Kier alpha value is -0.870. The van der Waals surface area contributed by atoms with E-state index in [4.69, 9.17) is 10.5 Å². The molecule has 0 spiro atoms. The third-order valence-corrected chi connectivity index (χ3v) is 3.87. The molecular weight excluding hydrogens is 226 g/mol. The van der Waals surface area contributed by atoms with Gasteiger partial charge in [0.25, 0.3) is 0 Å². The van der Waals surface area contributed by atoms with Gasteiger partial charge in [-0.15, -0.1) is 0 Å². The first kappa shape index (κ1) is 13.6. The SMILES string of the molecule is CCC(CC)n1ccc(COC2CCC(N)C2)n1. The molecule has 1 aliphatic carbocycles. The molecule has 2 atom stereocenters. The molecule has 0 aliphatic heterocycles. The summed E-state index contributed by atoms with van der Waals surface area (Å²) in [5.41, 5.74) is 6.90. The van der Waals surface area contributed by atoms with Crippen LogP contribution < -0.4 is 5.73 Å². The maximum absolute atomic E-state index is 5.87. The van der Waals surface area contributed by atoms with Crippen LogP contribution >= 0.6 is 0 Å². The summed E-state index contributed by atoms with van der Waals surface area (Å²) >= 11 is 0. The number of nitrogens with zero attached hydrogens (tertiary/aromatic N) is 2. The van der Waals surface area contributed by atoms with Crippen LogP contribution in [0.25, 0.3) is 0 Å². The monoisotopic (exact) mass is 251 g/mol. The second-order valence-electron chi connectivity index (χ2n) is 5.26. The van der Waals surface area contributed by atoms with Gasteiger partial charge < -0.3 is 10.5 Å². The predicted octanol–water partition coefficient (Wildman–Crippen LogP) is 2.64. The molecule has 2 N–H and O–H groups in total. The molecule has 0 bridgehead atoms. The molecule has 2 unspecified atom stereocenters. The number of nitrogens with two attached hydrogens (primary N) is 1. The topological polar surface area (TPSA) is 53.1 Å². The summed E-state index contributed by atoms with van der Waals surface area (Å²) in [4.78, 5) is 0. The Morgan fingerprint density at radius 1 is 1.44 bits per heavy atom. The standard InChI is InChI=1S/C14H25N3O/c1-3-13(4-2)17-8-7-12(16-17)10-18-14-6-5-11(15)9-14/h7-8,11,13-14H,3-6,9-10,15H2,1-2H3. The lowest BCUT2D eigenvalue weighted by Crippen LogP contribution is -2.17. The zero-order valence-electron chi connectivity index (χ0n) is 11.5. The molecule has 0 amide bonds. The Morgan fingerprint density at radius 2 is 2.22 bits per heavy atom. The van der Waals surface area contributed by atoms with Crippen molar-refractivity contribution in [3.05, 3.63) is 18.0 Å². The zero-order chi connectivity index (χ0) is 13.0. The fraction of sp³-hybridized carbons (Fsp3) is 0.786. The maximum Gasteiger partial charge on any atom is 0.0910 e. The molecule has 4 nitrogen and oxygen atoms in total. The minimum atomic E-state index is 0.331. The van der Waals surface area contributed by atoms with Crippen LogP contribution in [0.15, 0.2) is 12.3 Å². The quantitative estimate of drug-likeness (QED) is 0.845. The van der Waals surface area contributed by atoms with E-state index in [1.807, 2.05) is 0 Å². The molecule has 0 radical (unpaired) electrons. The van der Waals surface area contributed by atoms with Crippen LogP contribution in [-0.2, 0) is 11.3 Å². The van der Waals surface area contributed by atoms with Gasteiger partial charge in [0.15, 0.2) is 0 Å². The predicted molar refractivity (Wildman–Crippen MR) is 72.2 cm³/mol.